The summed E-state index contributed by atoms with van der Waals surface area (Å²) in [5.41, 5.74) is 1.25. The van der Waals surface area contributed by atoms with E-state index in [0.717, 1.165) is 5.75 Å². The second kappa shape index (κ2) is 10.9. The van der Waals surface area contributed by atoms with Gasteiger partial charge in [0.1, 0.15) is 11.5 Å². The zero-order valence-corrected chi connectivity index (χ0v) is 17.8. The third-order valence-corrected chi connectivity index (χ3v) is 4.33. The minimum absolute atomic E-state index is 0.250. The number of rotatable bonds is 9. The van der Waals surface area contributed by atoms with Gasteiger partial charge in [0.05, 0.1) is 25.5 Å². The van der Waals surface area contributed by atoms with Gasteiger partial charge in [0.15, 0.2) is 18.1 Å². The summed E-state index contributed by atoms with van der Waals surface area (Å²) in [7, 11) is 3.01. The second-order valence-electron chi connectivity index (χ2n) is 6.23. The van der Waals surface area contributed by atoms with Crippen LogP contribution in [0.5, 0.6) is 23.0 Å². The van der Waals surface area contributed by atoms with Crippen LogP contribution in [0.15, 0.2) is 71.9 Å². The Morgan fingerprint density at radius 3 is 2.39 bits per heavy atom. The van der Waals surface area contributed by atoms with Gasteiger partial charge >= 0.3 is 0 Å². The Bertz CT molecular complexity index is 1040. The molecule has 0 unspecified atom stereocenters. The summed E-state index contributed by atoms with van der Waals surface area (Å²) in [6.45, 7) is -0.250. The van der Waals surface area contributed by atoms with Crippen LogP contribution in [0, 0.1) is 0 Å². The zero-order chi connectivity index (χ0) is 22.1. The van der Waals surface area contributed by atoms with Crippen molar-refractivity contribution >= 4 is 29.4 Å². The highest BCUT2D eigenvalue weighted by Gasteiger charge is 2.10. The van der Waals surface area contributed by atoms with Crippen LogP contribution in [0.4, 0.5) is 5.69 Å². The Labute approximate surface area is 185 Å². The quantitative estimate of drug-likeness (QED) is 0.368. The van der Waals surface area contributed by atoms with Gasteiger partial charge in [0, 0.05) is 11.3 Å². The summed E-state index contributed by atoms with van der Waals surface area (Å²) >= 11 is 6.14. The molecule has 0 aliphatic rings. The molecule has 0 saturated carbocycles. The number of ether oxygens (including phenoxy) is 3. The minimum atomic E-state index is -0.348. The van der Waals surface area contributed by atoms with Crippen molar-refractivity contribution in [1.29, 1.82) is 0 Å². The molecule has 8 heteroatoms. The van der Waals surface area contributed by atoms with Crippen molar-refractivity contribution in [3.63, 3.8) is 0 Å². The summed E-state index contributed by atoms with van der Waals surface area (Å²) in [6, 6.07) is 19.8. The van der Waals surface area contributed by atoms with Crippen LogP contribution in [-0.4, -0.2) is 32.9 Å². The van der Waals surface area contributed by atoms with E-state index >= 15 is 0 Å². The lowest BCUT2D eigenvalue weighted by Gasteiger charge is -2.10. The molecule has 0 heterocycles. The number of methoxy groups -OCH3 is 2. The second-order valence-corrected chi connectivity index (χ2v) is 6.64. The molecular formula is C23H21ClN2O5. The summed E-state index contributed by atoms with van der Waals surface area (Å²) in [5, 5.41) is 6.89. The number of nitrogens with one attached hydrogen (secondary N) is 1. The number of hydrogen-bond acceptors (Lipinski definition) is 6. The third kappa shape index (κ3) is 6.38. The topological polar surface area (TPSA) is 78.4 Å². The van der Waals surface area contributed by atoms with Crippen molar-refractivity contribution in [2.24, 2.45) is 5.16 Å². The summed E-state index contributed by atoms with van der Waals surface area (Å²) in [4.78, 5) is 17.1. The van der Waals surface area contributed by atoms with Crippen molar-refractivity contribution in [2.45, 2.75) is 0 Å². The van der Waals surface area contributed by atoms with E-state index in [1.54, 1.807) is 36.4 Å². The molecule has 31 heavy (non-hydrogen) atoms. The standard InChI is InChI=1S/C23H21ClN2O5/c1-28-21-13-16(12-20(24)23(21)29-2)14-25-30-15-22(27)26-17-8-10-19(11-9-17)31-18-6-4-3-5-7-18/h3-14H,15H2,1-2H3,(H,26,27)/b25-14+. The van der Waals surface area contributed by atoms with Crippen molar-refractivity contribution in [3.8, 4) is 23.0 Å². The molecule has 160 valence electrons. The van der Waals surface area contributed by atoms with E-state index in [0.29, 0.717) is 33.5 Å². The number of anilines is 1. The van der Waals surface area contributed by atoms with Crippen LogP contribution in [0.1, 0.15) is 5.56 Å². The Morgan fingerprint density at radius 2 is 1.71 bits per heavy atom. The molecule has 1 amide bonds. The number of amides is 1. The van der Waals surface area contributed by atoms with E-state index in [1.807, 2.05) is 30.3 Å². The summed E-state index contributed by atoms with van der Waals surface area (Å²) in [6.07, 6.45) is 1.43. The molecule has 3 aromatic carbocycles. The van der Waals surface area contributed by atoms with E-state index in [9.17, 15) is 4.79 Å². The molecule has 7 nitrogen and oxygen atoms in total. The van der Waals surface area contributed by atoms with Crippen LogP contribution in [0.2, 0.25) is 5.02 Å². The summed E-state index contributed by atoms with van der Waals surface area (Å²) in [5.74, 6) is 1.95. The first-order chi connectivity index (χ1) is 15.1. The number of carbonyl (C=O) groups is 1. The Kier molecular flexibility index (Phi) is 7.73. The van der Waals surface area contributed by atoms with Crippen molar-refractivity contribution < 1.29 is 23.8 Å². The molecule has 0 aromatic heterocycles. The van der Waals surface area contributed by atoms with Gasteiger partial charge in [-0.15, -0.1) is 0 Å². The molecule has 0 spiro atoms. The lowest BCUT2D eigenvalue weighted by Crippen LogP contribution is -2.16. The Morgan fingerprint density at radius 1 is 1.00 bits per heavy atom. The SMILES string of the molecule is COc1cc(/C=N/OCC(=O)Nc2ccc(Oc3ccccc3)cc2)cc(Cl)c1OC. The molecule has 0 saturated heterocycles. The molecule has 0 aliphatic heterocycles. The van der Waals surface area contributed by atoms with Crippen LogP contribution < -0.4 is 19.5 Å². The molecule has 1 N–H and O–H groups in total. The number of para-hydroxylation sites is 1. The van der Waals surface area contributed by atoms with Crippen LogP contribution >= 0.6 is 11.6 Å². The van der Waals surface area contributed by atoms with Gasteiger partial charge < -0.3 is 24.4 Å². The number of nitrogens with zero attached hydrogens (tertiary/aromatic N) is 1. The fraction of sp³-hybridized carbons (Fsp3) is 0.130. The van der Waals surface area contributed by atoms with Gasteiger partial charge in [-0.25, -0.2) is 0 Å². The normalized spacial score (nSPS) is 10.5. The maximum Gasteiger partial charge on any atom is 0.265 e. The van der Waals surface area contributed by atoms with E-state index in [1.165, 1.54) is 20.4 Å². The van der Waals surface area contributed by atoms with Gasteiger partial charge in [-0.05, 0) is 48.5 Å². The first-order valence-corrected chi connectivity index (χ1v) is 9.66. The molecule has 0 bridgehead atoms. The summed E-state index contributed by atoms with van der Waals surface area (Å²) < 4.78 is 16.1. The number of oxime groups is 1. The van der Waals surface area contributed by atoms with Crippen molar-refractivity contribution in [3.05, 3.63) is 77.3 Å². The van der Waals surface area contributed by atoms with Crippen LogP contribution in [-0.2, 0) is 9.63 Å². The first-order valence-electron chi connectivity index (χ1n) is 9.28. The van der Waals surface area contributed by atoms with Gasteiger partial charge in [-0.1, -0.05) is 35.0 Å². The lowest BCUT2D eigenvalue weighted by molar-refractivity contribution is -0.120. The van der Waals surface area contributed by atoms with Crippen molar-refractivity contribution in [2.75, 3.05) is 26.1 Å². The molecule has 3 aromatic rings. The number of benzene rings is 3. The van der Waals surface area contributed by atoms with E-state index < -0.39 is 0 Å². The molecule has 0 radical (unpaired) electrons. The first kappa shape index (κ1) is 22.0. The maximum absolute atomic E-state index is 12.0. The highest BCUT2D eigenvalue weighted by atomic mass is 35.5. The molecular weight excluding hydrogens is 420 g/mol. The third-order valence-electron chi connectivity index (χ3n) is 4.04. The number of carbonyl (C=O) groups excluding carboxylic acids is 1. The van der Waals surface area contributed by atoms with Gasteiger partial charge in [0.25, 0.3) is 5.91 Å². The minimum Gasteiger partial charge on any atom is -0.493 e. The Hall–Kier alpha value is -3.71. The Balaban J connectivity index is 1.48. The van der Waals surface area contributed by atoms with Crippen molar-refractivity contribution in [1.82, 2.24) is 0 Å². The average Bonchev–Trinajstić information content (AvgIpc) is 2.78. The zero-order valence-electron chi connectivity index (χ0n) is 17.0. The van der Waals surface area contributed by atoms with Gasteiger partial charge in [-0.3, -0.25) is 4.79 Å². The molecule has 0 atom stereocenters. The van der Waals surface area contributed by atoms with Gasteiger partial charge in [-0.2, -0.15) is 0 Å². The predicted molar refractivity (Wildman–Crippen MR) is 120 cm³/mol. The van der Waals surface area contributed by atoms with Crippen LogP contribution in [0.3, 0.4) is 0 Å². The highest BCUT2D eigenvalue weighted by molar-refractivity contribution is 6.32. The maximum atomic E-state index is 12.0. The van der Waals surface area contributed by atoms with Crippen LogP contribution in [0.25, 0.3) is 0 Å². The monoisotopic (exact) mass is 440 g/mol. The smallest absolute Gasteiger partial charge is 0.265 e. The fourth-order valence-electron chi connectivity index (χ4n) is 2.63. The van der Waals surface area contributed by atoms with E-state index in [-0.39, 0.29) is 12.5 Å². The molecule has 0 aliphatic carbocycles. The van der Waals surface area contributed by atoms with E-state index in [2.05, 4.69) is 10.5 Å². The lowest BCUT2D eigenvalue weighted by atomic mass is 10.2. The molecule has 0 fully saturated rings. The number of hydrogen-bond donors (Lipinski definition) is 1. The van der Waals surface area contributed by atoms with Gasteiger partial charge in [0.2, 0.25) is 0 Å². The predicted octanol–water partition coefficient (Wildman–Crippen LogP) is 5.14. The fourth-order valence-corrected chi connectivity index (χ4v) is 2.93. The largest absolute Gasteiger partial charge is 0.493 e. The van der Waals surface area contributed by atoms with E-state index in [4.69, 9.17) is 30.6 Å². The molecule has 3 rings (SSSR count). The highest BCUT2D eigenvalue weighted by Crippen LogP contribution is 2.35. The average molecular weight is 441 g/mol. The number of halogens is 1.